The van der Waals surface area contributed by atoms with Crippen LogP contribution in [0.2, 0.25) is 10.0 Å². The number of nitrogens with zero attached hydrogens (tertiary/aromatic N) is 2. The molecule has 0 bridgehead atoms. The van der Waals surface area contributed by atoms with E-state index in [1.807, 2.05) is 44.2 Å². The summed E-state index contributed by atoms with van der Waals surface area (Å²) < 4.78 is 0. The topological polar surface area (TPSA) is 49.9 Å². The number of hydroxylamine groups is 1. The van der Waals surface area contributed by atoms with Crippen LogP contribution in [0.15, 0.2) is 48.5 Å². The normalized spacial score (nSPS) is 24.9. The second kappa shape index (κ2) is 6.82. The van der Waals surface area contributed by atoms with Crippen LogP contribution in [-0.2, 0) is 14.4 Å². The summed E-state index contributed by atoms with van der Waals surface area (Å²) in [6.45, 7) is 3.63. The predicted octanol–water partition coefficient (Wildman–Crippen LogP) is 4.25. The minimum atomic E-state index is -0.864. The first-order chi connectivity index (χ1) is 12.9. The molecule has 0 aliphatic carbocycles. The van der Waals surface area contributed by atoms with E-state index in [0.29, 0.717) is 15.6 Å². The zero-order valence-electron chi connectivity index (χ0n) is 14.8. The van der Waals surface area contributed by atoms with Gasteiger partial charge in [-0.2, -0.15) is 0 Å². The Morgan fingerprint density at radius 2 is 1.70 bits per heavy atom. The Labute approximate surface area is 167 Å². The molecule has 2 saturated heterocycles. The van der Waals surface area contributed by atoms with Gasteiger partial charge >= 0.3 is 0 Å². The van der Waals surface area contributed by atoms with Gasteiger partial charge in [-0.15, -0.1) is 0 Å². The number of carbonyl (C=O) groups excluding carboxylic acids is 2. The van der Waals surface area contributed by atoms with Gasteiger partial charge in [-0.05, 0) is 43.7 Å². The van der Waals surface area contributed by atoms with Crippen molar-refractivity contribution in [3.63, 3.8) is 0 Å². The molecule has 0 N–H and O–H groups in total. The molecule has 4 rings (SSSR count). The van der Waals surface area contributed by atoms with E-state index in [2.05, 4.69) is 0 Å². The van der Waals surface area contributed by atoms with Crippen molar-refractivity contribution in [3.8, 4) is 0 Å². The maximum Gasteiger partial charge on any atom is 0.262 e. The molecule has 2 aliphatic rings. The molecule has 0 unspecified atom stereocenters. The van der Waals surface area contributed by atoms with Crippen molar-refractivity contribution in [3.05, 3.63) is 64.1 Å². The van der Waals surface area contributed by atoms with Crippen molar-refractivity contribution in [2.24, 2.45) is 5.92 Å². The average molecular weight is 405 g/mol. The van der Waals surface area contributed by atoms with Crippen LogP contribution in [0.4, 0.5) is 5.69 Å². The average Bonchev–Trinajstić information content (AvgIpc) is 3.12. The van der Waals surface area contributed by atoms with E-state index < -0.39 is 18.1 Å². The SMILES string of the molecule is CC(C)N1C(=O)[C@H]2[C@@H](c3ccc(Cl)cc3Cl)N(c3ccccc3)O[C@H]2C1=O. The fourth-order valence-corrected chi connectivity index (χ4v) is 4.32. The standard InChI is InChI=1S/C20H18Cl2N2O3/c1-11(2)23-19(25)16-17(14-9-8-12(21)10-15(14)22)24(27-18(16)20(23)26)13-6-4-3-5-7-13/h3-11,16-18H,1-2H3/t16-,17+,18+/m0/s1. The molecule has 140 valence electrons. The van der Waals surface area contributed by atoms with Gasteiger partial charge in [-0.1, -0.05) is 47.5 Å². The molecule has 3 atom stereocenters. The molecule has 0 radical (unpaired) electrons. The number of benzene rings is 2. The Balaban J connectivity index is 1.84. The molecular weight excluding hydrogens is 387 g/mol. The van der Waals surface area contributed by atoms with E-state index in [0.717, 1.165) is 5.69 Å². The molecule has 2 amide bonds. The summed E-state index contributed by atoms with van der Waals surface area (Å²) in [6, 6.07) is 13.8. The third-order valence-electron chi connectivity index (χ3n) is 4.96. The number of carbonyl (C=O) groups is 2. The Morgan fingerprint density at radius 3 is 2.33 bits per heavy atom. The first kappa shape index (κ1) is 18.3. The molecule has 2 fully saturated rings. The highest BCUT2D eigenvalue weighted by atomic mass is 35.5. The number of fused-ring (bicyclic) bond motifs is 1. The van der Waals surface area contributed by atoms with Crippen molar-refractivity contribution in [2.75, 3.05) is 5.06 Å². The fourth-order valence-electron chi connectivity index (χ4n) is 3.80. The number of anilines is 1. The van der Waals surface area contributed by atoms with Crippen molar-refractivity contribution in [2.45, 2.75) is 32.0 Å². The number of rotatable bonds is 3. The second-order valence-corrected chi connectivity index (χ2v) is 7.81. The summed E-state index contributed by atoms with van der Waals surface area (Å²) >= 11 is 12.5. The number of likely N-dealkylation sites (tertiary alicyclic amines) is 1. The highest BCUT2D eigenvalue weighted by Gasteiger charge is 2.60. The highest BCUT2D eigenvalue weighted by molar-refractivity contribution is 6.35. The van der Waals surface area contributed by atoms with Gasteiger partial charge in [-0.25, -0.2) is 5.06 Å². The molecule has 0 aromatic heterocycles. The van der Waals surface area contributed by atoms with E-state index in [1.54, 1.807) is 23.3 Å². The number of imide groups is 1. The van der Waals surface area contributed by atoms with E-state index in [-0.39, 0.29) is 17.9 Å². The van der Waals surface area contributed by atoms with E-state index in [9.17, 15) is 9.59 Å². The Hall–Kier alpha value is -2.08. The maximum absolute atomic E-state index is 13.1. The molecular formula is C20H18Cl2N2O3. The smallest absolute Gasteiger partial charge is 0.262 e. The summed E-state index contributed by atoms with van der Waals surface area (Å²) in [5, 5.41) is 2.56. The minimum Gasteiger partial charge on any atom is -0.277 e. The number of hydrogen-bond acceptors (Lipinski definition) is 4. The molecule has 7 heteroatoms. The number of halogens is 2. The van der Waals surface area contributed by atoms with Crippen LogP contribution in [0.5, 0.6) is 0 Å². The zero-order valence-corrected chi connectivity index (χ0v) is 16.3. The summed E-state index contributed by atoms with van der Waals surface area (Å²) in [6.07, 6.45) is -0.864. The van der Waals surface area contributed by atoms with Crippen LogP contribution in [0.1, 0.15) is 25.5 Å². The third kappa shape index (κ3) is 2.90. The van der Waals surface area contributed by atoms with Gasteiger partial charge in [0, 0.05) is 16.1 Å². The molecule has 2 aromatic rings. The Morgan fingerprint density at radius 1 is 1.00 bits per heavy atom. The van der Waals surface area contributed by atoms with Crippen molar-refractivity contribution in [1.29, 1.82) is 0 Å². The van der Waals surface area contributed by atoms with E-state index in [1.165, 1.54) is 4.90 Å². The first-order valence-corrected chi connectivity index (χ1v) is 9.48. The quantitative estimate of drug-likeness (QED) is 0.717. The van der Waals surface area contributed by atoms with E-state index in [4.69, 9.17) is 28.0 Å². The minimum absolute atomic E-state index is 0.231. The van der Waals surface area contributed by atoms with Crippen molar-refractivity contribution in [1.82, 2.24) is 4.90 Å². The number of para-hydroxylation sites is 1. The first-order valence-electron chi connectivity index (χ1n) is 8.73. The monoisotopic (exact) mass is 404 g/mol. The van der Waals surface area contributed by atoms with Crippen LogP contribution in [0, 0.1) is 5.92 Å². The molecule has 2 aromatic carbocycles. The van der Waals surface area contributed by atoms with Crippen LogP contribution in [0.3, 0.4) is 0 Å². The van der Waals surface area contributed by atoms with Crippen LogP contribution in [0.25, 0.3) is 0 Å². The second-order valence-electron chi connectivity index (χ2n) is 6.96. The maximum atomic E-state index is 13.1. The largest absolute Gasteiger partial charge is 0.277 e. The number of amides is 2. The van der Waals surface area contributed by atoms with Gasteiger partial charge in [0.1, 0.15) is 5.92 Å². The van der Waals surface area contributed by atoms with Gasteiger partial charge in [0.25, 0.3) is 5.91 Å². The zero-order chi connectivity index (χ0) is 19.3. The lowest BCUT2D eigenvalue weighted by Gasteiger charge is -2.30. The van der Waals surface area contributed by atoms with Crippen LogP contribution >= 0.6 is 23.2 Å². The van der Waals surface area contributed by atoms with Crippen LogP contribution in [-0.4, -0.2) is 28.9 Å². The summed E-state index contributed by atoms with van der Waals surface area (Å²) in [5.41, 5.74) is 1.45. The molecule has 0 saturated carbocycles. The molecule has 2 aliphatic heterocycles. The predicted molar refractivity (Wildman–Crippen MR) is 103 cm³/mol. The Kier molecular flexibility index (Phi) is 4.62. The molecule has 5 nitrogen and oxygen atoms in total. The lowest BCUT2D eigenvalue weighted by molar-refractivity contribution is -0.145. The molecule has 27 heavy (non-hydrogen) atoms. The Bertz CT molecular complexity index is 903. The lowest BCUT2D eigenvalue weighted by atomic mass is 9.90. The van der Waals surface area contributed by atoms with Crippen molar-refractivity contribution < 1.29 is 14.4 Å². The highest BCUT2D eigenvalue weighted by Crippen LogP contribution is 2.48. The number of hydrogen-bond donors (Lipinski definition) is 0. The van der Waals surface area contributed by atoms with E-state index >= 15 is 0 Å². The van der Waals surface area contributed by atoms with Gasteiger partial charge in [0.05, 0.1) is 11.7 Å². The summed E-state index contributed by atoms with van der Waals surface area (Å²) in [4.78, 5) is 33.2. The molecule has 0 spiro atoms. The molecule has 2 heterocycles. The van der Waals surface area contributed by atoms with Gasteiger partial charge in [0.2, 0.25) is 5.91 Å². The van der Waals surface area contributed by atoms with Crippen LogP contribution < -0.4 is 5.06 Å². The lowest BCUT2D eigenvalue weighted by Crippen LogP contribution is -2.41. The summed E-state index contributed by atoms with van der Waals surface area (Å²) in [5.74, 6) is -1.22. The van der Waals surface area contributed by atoms with Crippen molar-refractivity contribution >= 4 is 40.7 Å². The third-order valence-corrected chi connectivity index (χ3v) is 5.52. The fraction of sp³-hybridized carbons (Fsp3) is 0.300. The van der Waals surface area contributed by atoms with Gasteiger partial charge < -0.3 is 0 Å². The van der Waals surface area contributed by atoms with Gasteiger partial charge in [-0.3, -0.25) is 19.3 Å². The summed E-state index contributed by atoms with van der Waals surface area (Å²) in [7, 11) is 0. The van der Waals surface area contributed by atoms with Gasteiger partial charge in [0.15, 0.2) is 6.10 Å².